The molecule has 1 aromatic carbocycles. The van der Waals surface area contributed by atoms with Crippen LogP contribution in [-0.4, -0.2) is 35.2 Å². The Labute approximate surface area is 161 Å². The third-order valence-corrected chi connectivity index (χ3v) is 6.16. The summed E-state index contributed by atoms with van der Waals surface area (Å²) >= 11 is 0.933. The highest BCUT2D eigenvalue weighted by molar-refractivity contribution is 7.90. The first-order valence-electron chi connectivity index (χ1n) is 8.11. The van der Waals surface area contributed by atoms with Crippen LogP contribution in [0.4, 0.5) is 18.9 Å². The van der Waals surface area contributed by atoms with Gasteiger partial charge >= 0.3 is 6.18 Å². The molecule has 0 aliphatic heterocycles. The smallest absolute Gasteiger partial charge is 0.325 e. The van der Waals surface area contributed by atoms with Crippen LogP contribution in [0.15, 0.2) is 28.5 Å². The van der Waals surface area contributed by atoms with Crippen molar-refractivity contribution in [2.24, 2.45) is 5.92 Å². The lowest BCUT2D eigenvalue weighted by molar-refractivity contribution is -0.144. The minimum absolute atomic E-state index is 0.00607. The minimum Gasteiger partial charge on any atom is -0.325 e. The van der Waals surface area contributed by atoms with E-state index in [-0.39, 0.29) is 32.9 Å². The summed E-state index contributed by atoms with van der Waals surface area (Å²) in [6, 6.07) is 4.08. The lowest BCUT2D eigenvalue weighted by Gasteiger charge is -2.12. The number of halogens is 3. The number of sulfone groups is 1. The molecule has 1 aliphatic rings. The molecule has 7 nitrogen and oxygen atoms in total. The number of alkyl halides is 3. The van der Waals surface area contributed by atoms with E-state index in [0.29, 0.717) is 5.69 Å². The van der Waals surface area contributed by atoms with Crippen molar-refractivity contribution in [3.63, 3.8) is 0 Å². The maximum Gasteiger partial charge on any atom is 0.453 e. The minimum atomic E-state index is -4.71. The second-order valence-electron chi connectivity index (χ2n) is 6.49. The van der Waals surface area contributed by atoms with Gasteiger partial charge in [-0.1, -0.05) is 0 Å². The van der Waals surface area contributed by atoms with Gasteiger partial charge in [-0.25, -0.2) is 12.9 Å². The van der Waals surface area contributed by atoms with Crippen LogP contribution in [-0.2, 0) is 20.8 Å². The molecule has 0 atom stereocenters. The fourth-order valence-corrected chi connectivity index (χ4v) is 4.11. The number of anilines is 1. The second kappa shape index (κ2) is 6.27. The van der Waals surface area contributed by atoms with Gasteiger partial charge in [0, 0.05) is 23.1 Å². The number of carbonyl (C=O) groups is 1. The van der Waals surface area contributed by atoms with Crippen LogP contribution < -0.4 is 5.32 Å². The highest BCUT2D eigenvalue weighted by atomic mass is 32.2. The van der Waals surface area contributed by atoms with E-state index in [1.54, 1.807) is 0 Å². The quantitative estimate of drug-likeness (QED) is 0.686. The summed E-state index contributed by atoms with van der Waals surface area (Å²) in [6.07, 6.45) is -2.15. The van der Waals surface area contributed by atoms with E-state index in [1.165, 1.54) is 23.6 Å². The van der Waals surface area contributed by atoms with Crippen LogP contribution in [0, 0.1) is 5.92 Å². The molecule has 0 bridgehead atoms. The number of fused-ring (bicyclic) bond motifs is 1. The van der Waals surface area contributed by atoms with Crippen molar-refractivity contribution in [3.05, 3.63) is 29.4 Å². The fraction of sp³-hybridized carbons (Fsp3) is 0.312. The van der Waals surface area contributed by atoms with Gasteiger partial charge in [0.2, 0.25) is 10.9 Å². The van der Waals surface area contributed by atoms with Crippen molar-refractivity contribution in [1.29, 1.82) is 0 Å². The summed E-state index contributed by atoms with van der Waals surface area (Å²) in [5.74, 6) is -1.61. The largest absolute Gasteiger partial charge is 0.453 e. The van der Waals surface area contributed by atoms with Crippen LogP contribution in [0.5, 0.6) is 0 Å². The molecule has 0 saturated heterocycles. The standard InChI is InChI=1S/C16H13F3N4O3S2/c1-28(25,26)9-4-5-11(20-13(24)8-2-3-8)10(6-9)12-7-27-15-21-14(16(17,18)19)22-23(12)15/h4-8H,2-3H2,1H3,(H,20,24). The van der Waals surface area contributed by atoms with Gasteiger partial charge in [0.1, 0.15) is 0 Å². The van der Waals surface area contributed by atoms with Gasteiger partial charge in [-0.3, -0.25) is 4.79 Å². The lowest BCUT2D eigenvalue weighted by Crippen LogP contribution is -2.14. The number of nitrogens with one attached hydrogen (secondary N) is 1. The van der Waals surface area contributed by atoms with Gasteiger partial charge in [0.05, 0.1) is 16.3 Å². The first-order chi connectivity index (χ1) is 13.0. The molecule has 2 heterocycles. The molecule has 2 aromatic heterocycles. The number of hydrogen-bond donors (Lipinski definition) is 1. The SMILES string of the molecule is CS(=O)(=O)c1ccc(NC(=O)C2CC2)c(-c2csc3nc(C(F)(F)F)nn23)c1. The summed E-state index contributed by atoms with van der Waals surface area (Å²) in [7, 11) is -3.57. The highest BCUT2D eigenvalue weighted by Gasteiger charge is 2.37. The predicted molar refractivity (Wildman–Crippen MR) is 95.8 cm³/mol. The summed E-state index contributed by atoms with van der Waals surface area (Å²) in [5, 5.41) is 7.75. The molecule has 148 valence electrons. The van der Waals surface area contributed by atoms with E-state index >= 15 is 0 Å². The molecule has 1 amide bonds. The van der Waals surface area contributed by atoms with Crippen molar-refractivity contribution in [3.8, 4) is 11.3 Å². The molecule has 0 radical (unpaired) electrons. The molecule has 1 N–H and O–H groups in total. The van der Waals surface area contributed by atoms with Crippen molar-refractivity contribution in [2.45, 2.75) is 23.9 Å². The molecule has 12 heteroatoms. The number of nitrogens with zero attached hydrogens (tertiary/aromatic N) is 3. The number of rotatable bonds is 4. The van der Waals surface area contributed by atoms with E-state index < -0.39 is 21.8 Å². The molecule has 0 unspecified atom stereocenters. The Kier molecular flexibility index (Phi) is 4.23. The van der Waals surface area contributed by atoms with Crippen molar-refractivity contribution < 1.29 is 26.4 Å². The Bertz CT molecular complexity index is 1190. The van der Waals surface area contributed by atoms with Crippen molar-refractivity contribution in [2.75, 3.05) is 11.6 Å². The molecule has 0 spiro atoms. The van der Waals surface area contributed by atoms with E-state index in [2.05, 4.69) is 15.4 Å². The van der Waals surface area contributed by atoms with Gasteiger partial charge in [-0.2, -0.15) is 18.2 Å². The number of amides is 1. The number of thiazole rings is 1. The Morgan fingerprint density at radius 2 is 2.04 bits per heavy atom. The van der Waals surface area contributed by atoms with Crippen LogP contribution in [0.2, 0.25) is 0 Å². The normalized spacial score (nSPS) is 15.1. The summed E-state index contributed by atoms with van der Waals surface area (Å²) < 4.78 is 63.7. The fourth-order valence-electron chi connectivity index (χ4n) is 2.64. The third-order valence-electron chi connectivity index (χ3n) is 4.24. The van der Waals surface area contributed by atoms with E-state index in [4.69, 9.17) is 0 Å². The molecule has 28 heavy (non-hydrogen) atoms. The molecule has 4 rings (SSSR count). The van der Waals surface area contributed by atoms with Gasteiger partial charge in [0.15, 0.2) is 9.84 Å². The number of carbonyl (C=O) groups excluding carboxylic acids is 1. The van der Waals surface area contributed by atoms with Gasteiger partial charge in [-0.05, 0) is 31.0 Å². The monoisotopic (exact) mass is 430 g/mol. The second-order valence-corrected chi connectivity index (χ2v) is 9.34. The Hall–Kier alpha value is -2.47. The number of hydrogen-bond acceptors (Lipinski definition) is 6. The highest BCUT2D eigenvalue weighted by Crippen LogP contribution is 2.37. The van der Waals surface area contributed by atoms with E-state index in [1.807, 2.05) is 0 Å². The van der Waals surface area contributed by atoms with Gasteiger partial charge in [-0.15, -0.1) is 16.4 Å². The van der Waals surface area contributed by atoms with Crippen LogP contribution in [0.1, 0.15) is 18.7 Å². The van der Waals surface area contributed by atoms with Crippen LogP contribution >= 0.6 is 11.3 Å². The lowest BCUT2D eigenvalue weighted by atomic mass is 10.1. The maximum atomic E-state index is 12.9. The third kappa shape index (κ3) is 3.49. The van der Waals surface area contributed by atoms with Gasteiger partial charge in [0.25, 0.3) is 5.82 Å². The topological polar surface area (TPSA) is 93.4 Å². The van der Waals surface area contributed by atoms with E-state index in [9.17, 15) is 26.4 Å². The Morgan fingerprint density at radius 3 is 2.64 bits per heavy atom. The average Bonchev–Trinajstić information content (AvgIpc) is 3.22. The van der Waals surface area contributed by atoms with Crippen molar-refractivity contribution in [1.82, 2.24) is 14.6 Å². The Balaban J connectivity index is 1.87. The van der Waals surface area contributed by atoms with Crippen LogP contribution in [0.3, 0.4) is 0 Å². The number of aromatic nitrogens is 3. The molecule has 1 saturated carbocycles. The van der Waals surface area contributed by atoms with Gasteiger partial charge < -0.3 is 5.32 Å². The molecular weight excluding hydrogens is 417 g/mol. The zero-order valence-corrected chi connectivity index (χ0v) is 16.0. The summed E-state index contributed by atoms with van der Waals surface area (Å²) in [6.45, 7) is 0. The van der Waals surface area contributed by atoms with Crippen molar-refractivity contribution >= 4 is 37.7 Å². The number of benzene rings is 1. The zero-order chi connectivity index (χ0) is 20.3. The summed E-state index contributed by atoms with van der Waals surface area (Å²) in [4.78, 5) is 15.6. The molecular formula is C16H13F3N4O3S2. The Morgan fingerprint density at radius 1 is 1.32 bits per heavy atom. The first kappa shape index (κ1) is 18.9. The zero-order valence-electron chi connectivity index (χ0n) is 14.3. The molecule has 1 fully saturated rings. The van der Waals surface area contributed by atoms with Crippen LogP contribution in [0.25, 0.3) is 16.2 Å². The summed E-state index contributed by atoms with van der Waals surface area (Å²) in [5.41, 5.74) is 0.759. The average molecular weight is 430 g/mol. The van der Waals surface area contributed by atoms with E-state index in [0.717, 1.165) is 34.9 Å². The predicted octanol–water partition coefficient (Wildman–Crippen LogP) is 3.23. The molecule has 3 aromatic rings. The molecule has 1 aliphatic carbocycles. The first-order valence-corrected chi connectivity index (χ1v) is 10.9. The maximum absolute atomic E-state index is 12.9.